The van der Waals surface area contributed by atoms with E-state index in [0.717, 1.165) is 13.0 Å². The minimum absolute atomic E-state index is 0.412. The maximum atomic E-state index is 3.43. The third kappa shape index (κ3) is 3.64. The van der Waals surface area contributed by atoms with Crippen molar-refractivity contribution in [1.82, 2.24) is 5.32 Å². The first-order chi connectivity index (χ1) is 6.84. The van der Waals surface area contributed by atoms with Gasteiger partial charge in [0.05, 0.1) is 0 Å². The van der Waals surface area contributed by atoms with Gasteiger partial charge in [0, 0.05) is 19.0 Å². The Kier molecular flexibility index (Phi) is 4.82. The third-order valence-corrected chi connectivity index (χ3v) is 2.18. The highest BCUT2D eigenvalue weighted by atomic mass is 14.9. The zero-order valence-corrected chi connectivity index (χ0v) is 8.88. The van der Waals surface area contributed by atoms with Crippen LogP contribution in [0.2, 0.25) is 0 Å². The van der Waals surface area contributed by atoms with Crippen LogP contribution in [0.4, 0.5) is 0 Å². The zero-order valence-electron chi connectivity index (χ0n) is 8.88. The molecule has 1 atom stereocenters. The molecule has 0 amide bonds. The van der Waals surface area contributed by atoms with E-state index in [-0.39, 0.29) is 0 Å². The molecule has 0 aliphatic rings. The lowest BCUT2D eigenvalue weighted by Gasteiger charge is -2.12. The van der Waals surface area contributed by atoms with E-state index in [9.17, 15) is 0 Å². The summed E-state index contributed by atoms with van der Waals surface area (Å²) in [4.78, 5) is 0. The summed E-state index contributed by atoms with van der Waals surface area (Å²) in [6.45, 7) is 5.01. The molecule has 0 saturated heterocycles. The Morgan fingerprint density at radius 1 is 1.29 bits per heavy atom. The van der Waals surface area contributed by atoms with Gasteiger partial charge in [0.1, 0.15) is 0 Å². The molecule has 1 N–H and O–H groups in total. The fourth-order valence-corrected chi connectivity index (χ4v) is 1.34. The second-order valence-corrected chi connectivity index (χ2v) is 3.26. The average Bonchev–Trinajstić information content (AvgIpc) is 2.25. The van der Waals surface area contributed by atoms with E-state index in [1.165, 1.54) is 5.56 Å². The molecular formula is C13H17N. The van der Waals surface area contributed by atoms with Crippen LogP contribution in [-0.4, -0.2) is 6.54 Å². The smallest absolute Gasteiger partial charge is 0.0292 e. The third-order valence-electron chi connectivity index (χ3n) is 2.18. The normalized spacial score (nSPS) is 11.6. The van der Waals surface area contributed by atoms with Crippen LogP contribution < -0.4 is 5.32 Å². The molecule has 0 bridgehead atoms. The number of rotatable bonds is 4. The summed E-state index contributed by atoms with van der Waals surface area (Å²) in [5.41, 5.74) is 1.33. The van der Waals surface area contributed by atoms with Crippen LogP contribution in [0.5, 0.6) is 0 Å². The van der Waals surface area contributed by atoms with Gasteiger partial charge >= 0.3 is 0 Å². The van der Waals surface area contributed by atoms with E-state index in [0.29, 0.717) is 6.04 Å². The standard InChI is InChI=1S/C13H17N/c1-3-4-8-11-14-12(2)13-9-6-5-7-10-13/h5-7,9-10,12,14H,8,11H2,1-2H3/t12-/m0/s1. The summed E-state index contributed by atoms with van der Waals surface area (Å²) in [6, 6.07) is 10.9. The summed E-state index contributed by atoms with van der Waals surface area (Å²) < 4.78 is 0. The van der Waals surface area contributed by atoms with Gasteiger partial charge in [0.2, 0.25) is 0 Å². The Hall–Kier alpha value is -1.26. The van der Waals surface area contributed by atoms with Gasteiger partial charge in [-0.2, -0.15) is 0 Å². The number of hydrogen-bond donors (Lipinski definition) is 1. The van der Waals surface area contributed by atoms with Gasteiger partial charge in [-0.1, -0.05) is 30.3 Å². The number of nitrogens with one attached hydrogen (secondary N) is 1. The van der Waals surface area contributed by atoms with Crippen molar-refractivity contribution in [3.05, 3.63) is 35.9 Å². The van der Waals surface area contributed by atoms with Crippen molar-refractivity contribution in [2.75, 3.05) is 6.54 Å². The highest BCUT2D eigenvalue weighted by molar-refractivity contribution is 5.18. The van der Waals surface area contributed by atoms with Crippen molar-refractivity contribution in [2.45, 2.75) is 26.3 Å². The summed E-state index contributed by atoms with van der Waals surface area (Å²) in [7, 11) is 0. The van der Waals surface area contributed by atoms with Gasteiger partial charge in [0.15, 0.2) is 0 Å². The molecule has 0 unspecified atom stereocenters. The number of benzene rings is 1. The van der Waals surface area contributed by atoms with Gasteiger partial charge in [-0.25, -0.2) is 0 Å². The molecule has 0 spiro atoms. The minimum Gasteiger partial charge on any atom is -0.309 e. The van der Waals surface area contributed by atoms with Gasteiger partial charge in [-0.3, -0.25) is 0 Å². The first kappa shape index (κ1) is 10.8. The lowest BCUT2D eigenvalue weighted by molar-refractivity contribution is 0.584. The highest BCUT2D eigenvalue weighted by Crippen LogP contribution is 2.10. The van der Waals surface area contributed by atoms with Crippen molar-refractivity contribution in [3.8, 4) is 11.8 Å². The second-order valence-electron chi connectivity index (χ2n) is 3.26. The lowest BCUT2D eigenvalue weighted by Crippen LogP contribution is -2.19. The molecule has 0 aromatic heterocycles. The Morgan fingerprint density at radius 2 is 2.00 bits per heavy atom. The first-order valence-corrected chi connectivity index (χ1v) is 5.02. The Morgan fingerprint density at radius 3 is 2.64 bits per heavy atom. The molecule has 0 fully saturated rings. The van der Waals surface area contributed by atoms with Crippen LogP contribution in [0, 0.1) is 11.8 Å². The van der Waals surface area contributed by atoms with Crippen LogP contribution in [0.25, 0.3) is 0 Å². The molecule has 0 aliphatic carbocycles. The van der Waals surface area contributed by atoms with Crippen LogP contribution in [0.15, 0.2) is 30.3 Å². The van der Waals surface area contributed by atoms with E-state index < -0.39 is 0 Å². The lowest BCUT2D eigenvalue weighted by atomic mass is 10.1. The molecule has 1 aromatic carbocycles. The largest absolute Gasteiger partial charge is 0.309 e. The summed E-state index contributed by atoms with van der Waals surface area (Å²) in [5, 5.41) is 3.43. The van der Waals surface area contributed by atoms with Crippen molar-refractivity contribution in [1.29, 1.82) is 0 Å². The molecule has 0 aliphatic heterocycles. The monoisotopic (exact) mass is 187 g/mol. The van der Waals surface area contributed by atoms with E-state index in [1.807, 2.05) is 13.0 Å². The predicted molar refractivity (Wildman–Crippen MR) is 60.9 cm³/mol. The average molecular weight is 187 g/mol. The van der Waals surface area contributed by atoms with Crippen molar-refractivity contribution in [3.63, 3.8) is 0 Å². The molecule has 1 heteroatoms. The molecule has 74 valence electrons. The Balaban J connectivity index is 2.34. The minimum atomic E-state index is 0.412. The van der Waals surface area contributed by atoms with Gasteiger partial charge in [-0.05, 0) is 19.4 Å². The van der Waals surface area contributed by atoms with Crippen LogP contribution in [0.3, 0.4) is 0 Å². The predicted octanol–water partition coefficient (Wildman–Crippen LogP) is 2.75. The van der Waals surface area contributed by atoms with Crippen molar-refractivity contribution >= 4 is 0 Å². The summed E-state index contributed by atoms with van der Waals surface area (Å²) in [5.74, 6) is 5.93. The van der Waals surface area contributed by atoms with E-state index in [4.69, 9.17) is 0 Å². The maximum absolute atomic E-state index is 3.43. The number of hydrogen-bond acceptors (Lipinski definition) is 1. The van der Waals surface area contributed by atoms with Gasteiger partial charge < -0.3 is 5.32 Å². The van der Waals surface area contributed by atoms with Gasteiger partial charge in [0.25, 0.3) is 0 Å². The molecule has 0 saturated carbocycles. The quantitative estimate of drug-likeness (QED) is 0.564. The molecule has 1 rings (SSSR count). The maximum Gasteiger partial charge on any atom is 0.0292 e. The topological polar surface area (TPSA) is 12.0 Å². The van der Waals surface area contributed by atoms with Crippen molar-refractivity contribution < 1.29 is 0 Å². The molecule has 14 heavy (non-hydrogen) atoms. The van der Waals surface area contributed by atoms with Crippen LogP contribution in [-0.2, 0) is 0 Å². The Labute approximate surface area is 86.5 Å². The van der Waals surface area contributed by atoms with E-state index >= 15 is 0 Å². The summed E-state index contributed by atoms with van der Waals surface area (Å²) >= 11 is 0. The molecule has 1 nitrogen and oxygen atoms in total. The fraction of sp³-hybridized carbons (Fsp3) is 0.385. The van der Waals surface area contributed by atoms with E-state index in [2.05, 4.69) is 48.3 Å². The molecule has 0 radical (unpaired) electrons. The van der Waals surface area contributed by atoms with Crippen LogP contribution >= 0.6 is 0 Å². The molecular weight excluding hydrogens is 170 g/mol. The summed E-state index contributed by atoms with van der Waals surface area (Å²) in [6.07, 6.45) is 0.924. The highest BCUT2D eigenvalue weighted by Gasteiger charge is 2.01. The second kappa shape index (κ2) is 6.23. The molecule has 1 aromatic rings. The van der Waals surface area contributed by atoms with Crippen LogP contribution in [0.1, 0.15) is 31.9 Å². The van der Waals surface area contributed by atoms with Gasteiger partial charge in [-0.15, -0.1) is 11.8 Å². The Bertz CT molecular complexity index is 305. The SMILES string of the molecule is CC#CCCN[C@@H](C)c1ccccc1. The fourth-order valence-electron chi connectivity index (χ4n) is 1.34. The van der Waals surface area contributed by atoms with E-state index in [1.54, 1.807) is 0 Å². The molecule has 0 heterocycles. The first-order valence-electron chi connectivity index (χ1n) is 5.02. The zero-order chi connectivity index (χ0) is 10.2. The van der Waals surface area contributed by atoms with Crippen molar-refractivity contribution in [2.24, 2.45) is 0 Å².